The summed E-state index contributed by atoms with van der Waals surface area (Å²) in [6.45, 7) is 2.74. The van der Waals surface area contributed by atoms with Gasteiger partial charge in [0, 0.05) is 19.5 Å². The molecule has 1 unspecified atom stereocenters. The number of para-hydroxylation sites is 2. The van der Waals surface area contributed by atoms with Gasteiger partial charge >= 0.3 is 0 Å². The number of aliphatic hydroxyl groups is 1. The summed E-state index contributed by atoms with van der Waals surface area (Å²) < 4.78 is 1.95. The van der Waals surface area contributed by atoms with Crippen LogP contribution in [0.4, 0.5) is 5.95 Å². The van der Waals surface area contributed by atoms with Crippen LogP contribution in [0.3, 0.4) is 0 Å². The number of carbonyl (C=O) groups is 2. The van der Waals surface area contributed by atoms with E-state index in [-0.39, 0.29) is 24.8 Å². The molecular formula is C21H22N4O3. The molecule has 1 aliphatic heterocycles. The fourth-order valence-electron chi connectivity index (χ4n) is 3.57. The minimum Gasteiger partial charge on any atom is -0.392 e. The van der Waals surface area contributed by atoms with Crippen molar-refractivity contribution in [3.8, 4) is 0 Å². The maximum absolute atomic E-state index is 12.4. The van der Waals surface area contributed by atoms with Gasteiger partial charge in [-0.3, -0.25) is 14.9 Å². The standard InChI is InChI=1S/C21H22N4O3/c1-13-8-14(6-7-15(13)12-26)10-22-19(27)9-16-11-25-18-5-3-2-4-17(18)23-21(25)24-20(16)28/h2-8,16,26H,9-12H2,1H3,(H,22,27)(H,23,24,28). The number of imidazole rings is 1. The van der Waals surface area contributed by atoms with Gasteiger partial charge in [-0.05, 0) is 35.7 Å². The molecule has 0 aliphatic carbocycles. The van der Waals surface area contributed by atoms with Crippen molar-refractivity contribution < 1.29 is 14.7 Å². The van der Waals surface area contributed by atoms with Crippen LogP contribution in [0.2, 0.25) is 0 Å². The van der Waals surface area contributed by atoms with Crippen LogP contribution in [0.25, 0.3) is 11.0 Å². The zero-order chi connectivity index (χ0) is 19.7. The highest BCUT2D eigenvalue weighted by atomic mass is 16.3. The van der Waals surface area contributed by atoms with Crippen molar-refractivity contribution in [2.24, 2.45) is 5.92 Å². The Labute approximate surface area is 162 Å². The number of carbonyl (C=O) groups excluding carboxylic acids is 2. The van der Waals surface area contributed by atoms with Gasteiger partial charge in [-0.2, -0.15) is 0 Å². The number of hydrogen-bond acceptors (Lipinski definition) is 4. The molecule has 7 nitrogen and oxygen atoms in total. The molecule has 0 fully saturated rings. The van der Waals surface area contributed by atoms with Crippen LogP contribution < -0.4 is 10.6 Å². The third-order valence-electron chi connectivity index (χ3n) is 5.16. The minimum absolute atomic E-state index is 0.000183. The molecule has 2 amide bonds. The number of rotatable bonds is 5. The molecule has 28 heavy (non-hydrogen) atoms. The molecule has 1 atom stereocenters. The van der Waals surface area contributed by atoms with E-state index >= 15 is 0 Å². The molecule has 1 aliphatic rings. The van der Waals surface area contributed by atoms with Crippen molar-refractivity contribution >= 4 is 28.8 Å². The van der Waals surface area contributed by atoms with Crippen LogP contribution in [0, 0.1) is 12.8 Å². The van der Waals surface area contributed by atoms with E-state index in [1.165, 1.54) is 0 Å². The highest BCUT2D eigenvalue weighted by molar-refractivity contribution is 5.97. The molecule has 3 aromatic rings. The molecule has 0 saturated heterocycles. The maximum Gasteiger partial charge on any atom is 0.232 e. The van der Waals surface area contributed by atoms with Gasteiger partial charge in [0.15, 0.2) is 0 Å². The van der Waals surface area contributed by atoms with E-state index in [0.717, 1.165) is 27.7 Å². The molecule has 0 saturated carbocycles. The highest BCUT2D eigenvalue weighted by Crippen LogP contribution is 2.26. The number of nitrogens with one attached hydrogen (secondary N) is 2. The Morgan fingerprint density at radius 2 is 2.14 bits per heavy atom. The Morgan fingerprint density at radius 3 is 2.93 bits per heavy atom. The first-order valence-electron chi connectivity index (χ1n) is 9.27. The first kappa shape index (κ1) is 18.2. The van der Waals surface area contributed by atoms with E-state index in [1.807, 2.05) is 54.0 Å². The Hall–Kier alpha value is -3.19. The molecule has 2 aromatic carbocycles. The average Bonchev–Trinajstić information content (AvgIpc) is 3.04. The maximum atomic E-state index is 12.4. The summed E-state index contributed by atoms with van der Waals surface area (Å²) in [5, 5.41) is 14.9. The Morgan fingerprint density at radius 1 is 1.32 bits per heavy atom. The van der Waals surface area contributed by atoms with Crippen LogP contribution in [0.1, 0.15) is 23.1 Å². The molecule has 0 radical (unpaired) electrons. The number of benzene rings is 2. The summed E-state index contributed by atoms with van der Waals surface area (Å²) in [5.74, 6) is -0.260. The second-order valence-corrected chi connectivity index (χ2v) is 7.12. The number of hydrogen-bond donors (Lipinski definition) is 3. The molecule has 0 bridgehead atoms. The van der Waals surface area contributed by atoms with E-state index in [2.05, 4.69) is 15.6 Å². The van der Waals surface area contributed by atoms with Crippen molar-refractivity contribution in [2.45, 2.75) is 33.0 Å². The lowest BCUT2D eigenvalue weighted by molar-refractivity contribution is -0.128. The summed E-state index contributed by atoms with van der Waals surface area (Å²) in [5.41, 5.74) is 4.59. The van der Waals surface area contributed by atoms with Gasteiger partial charge in [0.05, 0.1) is 23.6 Å². The van der Waals surface area contributed by atoms with Gasteiger partial charge in [0.25, 0.3) is 0 Å². The number of aromatic nitrogens is 2. The van der Waals surface area contributed by atoms with E-state index in [0.29, 0.717) is 19.0 Å². The normalized spacial score (nSPS) is 15.9. The first-order chi connectivity index (χ1) is 13.5. The van der Waals surface area contributed by atoms with Crippen molar-refractivity contribution in [1.82, 2.24) is 14.9 Å². The van der Waals surface area contributed by atoms with Crippen molar-refractivity contribution in [1.29, 1.82) is 0 Å². The average molecular weight is 378 g/mol. The SMILES string of the molecule is Cc1cc(CNC(=O)CC2Cn3c(nc4ccccc43)NC2=O)ccc1CO. The Balaban J connectivity index is 1.40. The molecule has 2 heterocycles. The van der Waals surface area contributed by atoms with E-state index in [4.69, 9.17) is 0 Å². The predicted molar refractivity (Wildman–Crippen MR) is 105 cm³/mol. The van der Waals surface area contributed by atoms with Gasteiger partial charge in [-0.15, -0.1) is 0 Å². The van der Waals surface area contributed by atoms with Crippen LogP contribution in [-0.2, 0) is 29.3 Å². The Bertz CT molecular complexity index is 1060. The lowest BCUT2D eigenvalue weighted by Crippen LogP contribution is -2.37. The predicted octanol–water partition coefficient (Wildman–Crippen LogP) is 2.11. The largest absolute Gasteiger partial charge is 0.392 e. The fraction of sp³-hybridized carbons (Fsp3) is 0.286. The quantitative estimate of drug-likeness (QED) is 0.634. The highest BCUT2D eigenvalue weighted by Gasteiger charge is 2.30. The number of nitrogens with zero attached hydrogens (tertiary/aromatic N) is 2. The van der Waals surface area contributed by atoms with Gasteiger partial charge < -0.3 is 15.0 Å². The topological polar surface area (TPSA) is 96.3 Å². The third kappa shape index (κ3) is 3.48. The van der Waals surface area contributed by atoms with Crippen LogP contribution in [-0.4, -0.2) is 26.5 Å². The number of aryl methyl sites for hydroxylation is 1. The zero-order valence-corrected chi connectivity index (χ0v) is 15.6. The zero-order valence-electron chi connectivity index (χ0n) is 15.6. The molecule has 3 N–H and O–H groups in total. The summed E-state index contributed by atoms with van der Waals surface area (Å²) in [4.78, 5) is 29.2. The molecule has 4 rings (SSSR count). The summed E-state index contributed by atoms with van der Waals surface area (Å²) >= 11 is 0. The van der Waals surface area contributed by atoms with Crippen LogP contribution >= 0.6 is 0 Å². The summed E-state index contributed by atoms with van der Waals surface area (Å²) in [7, 11) is 0. The summed E-state index contributed by atoms with van der Waals surface area (Å²) in [6, 6.07) is 13.4. The molecule has 144 valence electrons. The van der Waals surface area contributed by atoms with Crippen molar-refractivity contribution in [3.63, 3.8) is 0 Å². The third-order valence-corrected chi connectivity index (χ3v) is 5.16. The smallest absolute Gasteiger partial charge is 0.232 e. The molecular weight excluding hydrogens is 356 g/mol. The van der Waals surface area contributed by atoms with Crippen molar-refractivity contribution in [3.05, 3.63) is 59.2 Å². The van der Waals surface area contributed by atoms with Gasteiger partial charge in [-0.25, -0.2) is 4.98 Å². The number of amides is 2. The molecule has 7 heteroatoms. The lowest BCUT2D eigenvalue weighted by atomic mass is 10.0. The van der Waals surface area contributed by atoms with E-state index < -0.39 is 5.92 Å². The lowest BCUT2D eigenvalue weighted by Gasteiger charge is -2.23. The van der Waals surface area contributed by atoms with E-state index in [9.17, 15) is 14.7 Å². The van der Waals surface area contributed by atoms with Crippen LogP contribution in [0.15, 0.2) is 42.5 Å². The van der Waals surface area contributed by atoms with Gasteiger partial charge in [-0.1, -0.05) is 30.3 Å². The molecule has 1 aromatic heterocycles. The molecule has 0 spiro atoms. The number of anilines is 1. The minimum atomic E-state index is -0.441. The van der Waals surface area contributed by atoms with Crippen molar-refractivity contribution in [2.75, 3.05) is 5.32 Å². The first-order valence-corrected chi connectivity index (χ1v) is 9.27. The van der Waals surface area contributed by atoms with Gasteiger partial charge in [0.2, 0.25) is 17.8 Å². The monoisotopic (exact) mass is 378 g/mol. The van der Waals surface area contributed by atoms with Gasteiger partial charge in [0.1, 0.15) is 0 Å². The number of fused-ring (bicyclic) bond motifs is 3. The summed E-state index contributed by atoms with van der Waals surface area (Å²) in [6.07, 6.45) is 0.117. The second kappa shape index (κ2) is 7.44. The fourth-order valence-corrected chi connectivity index (χ4v) is 3.57. The Kier molecular flexibility index (Phi) is 4.83. The number of aliphatic hydroxyl groups excluding tert-OH is 1. The van der Waals surface area contributed by atoms with Crippen LogP contribution in [0.5, 0.6) is 0 Å². The second-order valence-electron chi connectivity index (χ2n) is 7.12. The van der Waals surface area contributed by atoms with E-state index in [1.54, 1.807) is 0 Å².